The van der Waals surface area contributed by atoms with E-state index < -0.39 is 114 Å². The van der Waals surface area contributed by atoms with Crippen LogP contribution in [0, 0.1) is 5.92 Å². The minimum atomic E-state index is -1.48. The van der Waals surface area contributed by atoms with E-state index >= 15 is 0 Å². The van der Waals surface area contributed by atoms with E-state index in [9.17, 15) is 68.1 Å². The molecule has 0 aromatic heterocycles. The number of nitrogens with two attached hydrogens (primary N) is 3. The van der Waals surface area contributed by atoms with Crippen LogP contribution >= 0.6 is 11.8 Å². The zero-order valence-corrected chi connectivity index (χ0v) is 51.7. The molecule has 0 aliphatic rings. The lowest BCUT2D eigenvalue weighted by Crippen LogP contribution is -2.60. The lowest BCUT2D eigenvalue weighted by atomic mass is 10.0. The number of phenols is 1. The van der Waals surface area contributed by atoms with Crippen LogP contribution in [-0.2, 0) is 72.0 Å². The third kappa shape index (κ3) is 30.1. The van der Waals surface area contributed by atoms with Crippen molar-refractivity contribution in [1.82, 2.24) is 47.9 Å². The lowest BCUT2D eigenvalue weighted by Gasteiger charge is -2.28. The van der Waals surface area contributed by atoms with Gasteiger partial charge < -0.3 is 80.4 Å². The number of aliphatic imine (C=N–C) groups is 1. The van der Waals surface area contributed by atoms with Crippen LogP contribution in [0.4, 0.5) is 0 Å². The highest BCUT2D eigenvalue weighted by atomic mass is 32.2. The van der Waals surface area contributed by atoms with Crippen LogP contribution in [0.2, 0.25) is 0 Å². The number of phenolic OH excluding ortho intramolecular Hbond substituents is 1. The fraction of sp³-hybridized carbons (Fsp3) is 0.508. The fourth-order valence-electron chi connectivity index (χ4n) is 8.94. The molecule has 28 heteroatoms. The predicted molar refractivity (Wildman–Crippen MR) is 335 cm³/mol. The highest BCUT2D eigenvalue weighted by Gasteiger charge is 2.35. The molecule has 3 aromatic carbocycles. The van der Waals surface area contributed by atoms with Gasteiger partial charge in [-0.05, 0) is 118 Å². The first-order valence-corrected chi connectivity index (χ1v) is 31.0. The Morgan fingerprint density at radius 3 is 1.46 bits per heavy atom. The van der Waals surface area contributed by atoms with Crippen molar-refractivity contribution < 1.29 is 68.1 Å². The number of hydrogen-bond acceptors (Lipinski definition) is 15. The molecule has 0 heterocycles. The second-order valence-corrected chi connectivity index (χ2v) is 22.7. The second kappa shape index (κ2) is 40.6. The van der Waals surface area contributed by atoms with Crippen molar-refractivity contribution in [3.05, 3.63) is 102 Å². The number of rotatable bonds is 42. The van der Waals surface area contributed by atoms with E-state index in [1.54, 1.807) is 20.1 Å². The molecule has 0 unspecified atom stereocenters. The van der Waals surface area contributed by atoms with Gasteiger partial charge in [-0.2, -0.15) is 11.8 Å². The van der Waals surface area contributed by atoms with E-state index in [1.807, 2.05) is 60.7 Å². The molecular weight excluding hydrogens is 1170 g/mol. The van der Waals surface area contributed by atoms with Gasteiger partial charge in [-0.25, -0.2) is 4.79 Å². The number of thioether (sulfide) groups is 1. The van der Waals surface area contributed by atoms with Crippen LogP contribution in [0.1, 0.15) is 108 Å². The minimum Gasteiger partial charge on any atom is -0.508 e. The number of nitrogens with one attached hydrogen (secondary N) is 9. The number of carbonyl (C=O) groups is 11. The first-order chi connectivity index (χ1) is 42.4. The highest BCUT2D eigenvalue weighted by Crippen LogP contribution is 2.14. The third-order valence-electron chi connectivity index (χ3n) is 14.0. The van der Waals surface area contributed by atoms with E-state index in [-0.39, 0.29) is 101 Å². The van der Waals surface area contributed by atoms with E-state index in [2.05, 4.69) is 52.8 Å². The molecule has 0 saturated carbocycles. The molecule has 0 radical (unpaired) electrons. The van der Waals surface area contributed by atoms with E-state index in [1.165, 1.54) is 43.0 Å². The standard InChI is InChI=1S/C61H89N13O14S/c1-37(2)52(74-53(80)38(3)68-55(82)47(29-33-89-4)71-58(85)46(27-28-51(78)79)69-54(81)43(62)20-11-13-30-65-49(76)35-39-16-7-5-8-17-39)59(86)72-45(22-15-32-67-61(63)64)56(83)70-44(21-12-14-31-66-50(77)36-40-18-9-6-10-19-40)57(84)73-48(60(87)88)34-41-23-25-42(75)26-24-41/h5-10,16-19,23-26,37-38,43-48,52,75H,11-15,20-22,27-36,62H2,1-4H3,(H,65,76)(H,66,77)(H,68,82)(H,69,81)(H,70,83)(H,71,85)(H,72,86)(H,73,84)(H,74,80)(H,78,79)(H,87,88)(H4,63,64,67)/t38-,43-,44-,45-,46-,47-,48-,52-/m0/s1. The molecule has 0 saturated heterocycles. The number of carbonyl (C=O) groups excluding carboxylic acids is 9. The fourth-order valence-corrected chi connectivity index (χ4v) is 9.41. The van der Waals surface area contributed by atoms with E-state index in [0.29, 0.717) is 37.1 Å². The van der Waals surface area contributed by atoms with Gasteiger partial charge in [0.1, 0.15) is 48.0 Å². The summed E-state index contributed by atoms with van der Waals surface area (Å²) in [5.74, 6) is -9.52. The Balaban J connectivity index is 1.74. The second-order valence-electron chi connectivity index (χ2n) is 21.8. The Hall–Kier alpha value is -8.79. The smallest absolute Gasteiger partial charge is 0.326 e. The largest absolute Gasteiger partial charge is 0.508 e. The maximum absolute atomic E-state index is 14.4. The summed E-state index contributed by atoms with van der Waals surface area (Å²) in [6.45, 7) is 5.12. The van der Waals surface area contributed by atoms with Crippen molar-refractivity contribution in [2.24, 2.45) is 28.1 Å². The topological polar surface area (TPSA) is 447 Å². The van der Waals surface area contributed by atoms with Crippen molar-refractivity contribution in [1.29, 1.82) is 0 Å². The van der Waals surface area contributed by atoms with E-state index in [4.69, 9.17) is 17.2 Å². The monoisotopic (exact) mass is 1260 g/mol. The molecule has 0 bridgehead atoms. The highest BCUT2D eigenvalue weighted by molar-refractivity contribution is 7.98. The van der Waals surface area contributed by atoms with Gasteiger partial charge in [-0.3, -0.25) is 52.9 Å². The van der Waals surface area contributed by atoms with Crippen LogP contribution in [0.15, 0.2) is 89.9 Å². The van der Waals surface area contributed by atoms with Crippen molar-refractivity contribution >= 4 is 82.8 Å². The summed E-state index contributed by atoms with van der Waals surface area (Å²) in [4.78, 5) is 151. The van der Waals surface area contributed by atoms with Crippen LogP contribution in [0.3, 0.4) is 0 Å². The summed E-state index contributed by atoms with van der Waals surface area (Å²) >= 11 is 1.34. The van der Waals surface area contributed by atoms with Crippen molar-refractivity contribution in [2.75, 3.05) is 31.6 Å². The van der Waals surface area contributed by atoms with Gasteiger partial charge in [0.2, 0.25) is 53.2 Å². The van der Waals surface area contributed by atoms with Gasteiger partial charge in [-0.15, -0.1) is 0 Å². The number of amides is 9. The lowest BCUT2D eigenvalue weighted by molar-refractivity contribution is -0.142. The first kappa shape index (κ1) is 74.5. The van der Waals surface area contributed by atoms with E-state index in [0.717, 1.165) is 11.1 Å². The van der Waals surface area contributed by atoms with Crippen LogP contribution < -0.4 is 65.1 Å². The van der Waals surface area contributed by atoms with Crippen LogP contribution in [0.25, 0.3) is 0 Å². The Kier molecular flexibility index (Phi) is 34.0. The SMILES string of the molecule is CSCC[C@H](NC(=O)[C@H](CCC(=O)O)NC(=O)[C@@H](N)CCCCNC(=O)Cc1ccccc1)C(=O)N[C@@H](C)C(=O)N[C@H](C(=O)N[C@@H](CCCN=C(N)N)C(=O)N[C@@H](CCCCNC(=O)Cc1ccccc1)C(=O)N[C@@H](Cc1ccc(O)cc1)C(=O)O)C(C)C. The van der Waals surface area contributed by atoms with Gasteiger partial charge in [0.05, 0.1) is 18.9 Å². The molecule has 0 aliphatic carbocycles. The van der Waals surface area contributed by atoms with Gasteiger partial charge in [0, 0.05) is 32.5 Å². The zero-order valence-electron chi connectivity index (χ0n) is 50.9. The Bertz CT molecular complexity index is 2810. The number of guanidine groups is 1. The van der Waals surface area contributed by atoms with Crippen LogP contribution in [-0.4, -0.2) is 166 Å². The molecule has 3 aromatic rings. The Morgan fingerprint density at radius 2 is 0.966 bits per heavy atom. The van der Waals surface area contributed by atoms with Crippen molar-refractivity contribution in [3.8, 4) is 5.75 Å². The number of aromatic hydroxyl groups is 1. The summed E-state index contributed by atoms with van der Waals surface area (Å²) in [5.41, 5.74) is 19.4. The Labute approximate surface area is 522 Å². The molecule has 0 spiro atoms. The number of nitrogens with zero attached hydrogens (tertiary/aromatic N) is 1. The van der Waals surface area contributed by atoms with Crippen molar-refractivity contribution in [3.63, 3.8) is 0 Å². The third-order valence-corrected chi connectivity index (χ3v) is 14.6. The molecule has 89 heavy (non-hydrogen) atoms. The summed E-state index contributed by atoms with van der Waals surface area (Å²) < 4.78 is 0. The predicted octanol–water partition coefficient (Wildman–Crippen LogP) is 0.146. The molecule has 3 rings (SSSR count). The number of carboxylic acid groups (broad SMARTS) is 2. The molecule has 27 nitrogen and oxygen atoms in total. The maximum Gasteiger partial charge on any atom is 0.326 e. The maximum atomic E-state index is 14.4. The number of hydrogen-bond donors (Lipinski definition) is 15. The van der Waals surface area contributed by atoms with Gasteiger partial charge in [-0.1, -0.05) is 86.6 Å². The quantitative estimate of drug-likeness (QED) is 0.0204. The first-order valence-electron chi connectivity index (χ1n) is 29.6. The molecule has 18 N–H and O–H groups in total. The molecule has 9 amide bonds. The molecular formula is C61H89N13O14S. The summed E-state index contributed by atoms with van der Waals surface area (Å²) in [6.07, 6.45) is 2.76. The van der Waals surface area contributed by atoms with Gasteiger partial charge in [0.25, 0.3) is 0 Å². The van der Waals surface area contributed by atoms with Crippen LogP contribution in [0.5, 0.6) is 5.75 Å². The normalized spacial score (nSPS) is 13.6. The number of benzene rings is 3. The zero-order chi connectivity index (χ0) is 65.8. The molecule has 0 aliphatic heterocycles. The average molecular weight is 1260 g/mol. The summed E-state index contributed by atoms with van der Waals surface area (Å²) in [5, 5.41) is 53.1. The summed E-state index contributed by atoms with van der Waals surface area (Å²) in [7, 11) is 0. The number of aliphatic carboxylic acids is 2. The minimum absolute atomic E-state index is 0.0195. The summed E-state index contributed by atoms with van der Waals surface area (Å²) in [6, 6.07) is 13.2. The number of carboxylic acids is 2. The van der Waals surface area contributed by atoms with Gasteiger partial charge >= 0.3 is 11.9 Å². The van der Waals surface area contributed by atoms with Gasteiger partial charge in [0.15, 0.2) is 5.96 Å². The molecule has 8 atom stereocenters. The molecule has 0 fully saturated rings. The van der Waals surface area contributed by atoms with Crippen molar-refractivity contribution in [2.45, 2.75) is 159 Å². The average Bonchev–Trinajstić information content (AvgIpc) is 3.55. The number of unbranched alkanes of at least 4 members (excludes halogenated alkanes) is 2. The molecule has 488 valence electrons. The Morgan fingerprint density at radius 1 is 0.506 bits per heavy atom.